The minimum Gasteiger partial charge on any atom is -0.399 e. The van der Waals surface area contributed by atoms with Crippen LogP contribution < -0.4 is 16.2 Å². The molecule has 5 N–H and O–H groups in total. The van der Waals surface area contributed by atoms with Crippen LogP contribution in [0.15, 0.2) is 34.5 Å². The van der Waals surface area contributed by atoms with Crippen molar-refractivity contribution in [2.24, 2.45) is 5.14 Å². The van der Waals surface area contributed by atoms with Gasteiger partial charge in [-0.15, -0.1) is 11.3 Å². The fourth-order valence-electron chi connectivity index (χ4n) is 2.00. The van der Waals surface area contributed by atoms with Gasteiger partial charge in [0.2, 0.25) is 10.0 Å². The van der Waals surface area contributed by atoms with Crippen molar-refractivity contribution in [3.63, 3.8) is 0 Å². The molecule has 2 rings (SSSR count). The van der Waals surface area contributed by atoms with Gasteiger partial charge < -0.3 is 11.1 Å². The average Bonchev–Trinajstić information content (AvgIpc) is 2.85. The Morgan fingerprint density at radius 2 is 2.05 bits per heavy atom. The zero-order valence-corrected chi connectivity index (χ0v) is 12.9. The van der Waals surface area contributed by atoms with Crippen molar-refractivity contribution in [1.82, 2.24) is 0 Å². The molecule has 108 valence electrons. The second-order valence-electron chi connectivity index (χ2n) is 4.62. The molecule has 7 heteroatoms. The zero-order chi connectivity index (χ0) is 14.9. The second-order valence-corrected chi connectivity index (χ2v) is 7.13. The first-order chi connectivity index (χ1) is 9.29. The Labute approximate surface area is 122 Å². The van der Waals surface area contributed by atoms with Crippen molar-refractivity contribution < 1.29 is 8.42 Å². The number of nitrogens with one attached hydrogen (secondary N) is 1. The quantitative estimate of drug-likeness (QED) is 0.755. The molecule has 2 aromatic rings. The lowest BCUT2D eigenvalue weighted by Crippen LogP contribution is -2.16. The van der Waals surface area contributed by atoms with Crippen molar-refractivity contribution in [2.45, 2.75) is 24.8 Å². The lowest BCUT2D eigenvalue weighted by molar-refractivity contribution is 0.597. The highest BCUT2D eigenvalue weighted by molar-refractivity contribution is 7.89. The zero-order valence-electron chi connectivity index (χ0n) is 11.3. The van der Waals surface area contributed by atoms with E-state index >= 15 is 0 Å². The van der Waals surface area contributed by atoms with Crippen molar-refractivity contribution in [1.29, 1.82) is 0 Å². The van der Waals surface area contributed by atoms with Crippen LogP contribution in [0.2, 0.25) is 0 Å². The predicted molar refractivity (Wildman–Crippen MR) is 83.3 cm³/mol. The molecular formula is C13H17N3O2S2. The lowest BCUT2D eigenvalue weighted by Gasteiger charge is -2.18. The van der Waals surface area contributed by atoms with Crippen molar-refractivity contribution in [2.75, 3.05) is 11.1 Å². The van der Waals surface area contributed by atoms with Gasteiger partial charge in [-0.1, -0.05) is 6.07 Å². The topological polar surface area (TPSA) is 98.2 Å². The van der Waals surface area contributed by atoms with Crippen LogP contribution in [0.3, 0.4) is 0 Å². The normalized spacial score (nSPS) is 13.2. The minimum atomic E-state index is -3.79. The summed E-state index contributed by atoms with van der Waals surface area (Å²) in [7, 11) is -3.79. The summed E-state index contributed by atoms with van der Waals surface area (Å²) in [5.41, 5.74) is 7.37. The summed E-state index contributed by atoms with van der Waals surface area (Å²) in [5.74, 6) is 0. The first kappa shape index (κ1) is 14.8. The van der Waals surface area contributed by atoms with Crippen LogP contribution in [0.25, 0.3) is 0 Å². The van der Waals surface area contributed by atoms with E-state index in [4.69, 9.17) is 10.9 Å². The smallest absolute Gasteiger partial charge is 0.238 e. The number of anilines is 2. The van der Waals surface area contributed by atoms with Gasteiger partial charge in [-0.2, -0.15) is 0 Å². The van der Waals surface area contributed by atoms with Gasteiger partial charge in [0.1, 0.15) is 0 Å². The summed E-state index contributed by atoms with van der Waals surface area (Å²) in [6, 6.07) is 7.15. The molecule has 0 fully saturated rings. The van der Waals surface area contributed by atoms with Gasteiger partial charge in [0.25, 0.3) is 0 Å². The first-order valence-electron chi connectivity index (χ1n) is 6.02. The fraction of sp³-hybridized carbons (Fsp3) is 0.231. The summed E-state index contributed by atoms with van der Waals surface area (Å²) < 4.78 is 23.1. The van der Waals surface area contributed by atoms with E-state index in [1.807, 2.05) is 24.4 Å². The largest absolute Gasteiger partial charge is 0.399 e. The van der Waals surface area contributed by atoms with Crippen LogP contribution in [-0.2, 0) is 10.0 Å². The van der Waals surface area contributed by atoms with E-state index in [9.17, 15) is 8.42 Å². The molecule has 0 bridgehead atoms. The number of benzene rings is 1. The van der Waals surface area contributed by atoms with Gasteiger partial charge in [0.15, 0.2) is 0 Å². The van der Waals surface area contributed by atoms with Gasteiger partial charge in [0.05, 0.1) is 10.9 Å². The van der Waals surface area contributed by atoms with Crippen LogP contribution in [0.5, 0.6) is 0 Å². The molecule has 0 saturated heterocycles. The predicted octanol–water partition coefficient (Wildman–Crippen LogP) is 2.46. The Balaban J connectivity index is 2.40. The van der Waals surface area contributed by atoms with E-state index in [1.165, 1.54) is 6.07 Å². The molecule has 0 saturated carbocycles. The number of thiophene rings is 1. The molecule has 1 atom stereocenters. The SMILES string of the molecule is Cc1c(NC(C)c2cccs2)cc(N)cc1S(N)(=O)=O. The van der Waals surface area contributed by atoms with E-state index in [-0.39, 0.29) is 10.9 Å². The van der Waals surface area contributed by atoms with E-state index in [0.717, 1.165) is 4.88 Å². The molecule has 0 aliphatic carbocycles. The Kier molecular flexibility index (Phi) is 4.03. The second kappa shape index (κ2) is 5.43. The van der Waals surface area contributed by atoms with Gasteiger partial charge in [-0.3, -0.25) is 0 Å². The first-order valence-corrected chi connectivity index (χ1v) is 8.44. The monoisotopic (exact) mass is 311 g/mol. The van der Waals surface area contributed by atoms with Crippen LogP contribution >= 0.6 is 11.3 Å². The number of rotatable bonds is 4. The highest BCUT2D eigenvalue weighted by atomic mass is 32.2. The van der Waals surface area contributed by atoms with Crippen molar-refractivity contribution >= 4 is 32.7 Å². The average molecular weight is 311 g/mol. The van der Waals surface area contributed by atoms with Gasteiger partial charge >= 0.3 is 0 Å². The third-order valence-electron chi connectivity index (χ3n) is 3.03. The van der Waals surface area contributed by atoms with Crippen molar-refractivity contribution in [3.05, 3.63) is 40.1 Å². The maximum atomic E-state index is 11.6. The number of nitrogen functional groups attached to an aromatic ring is 1. The summed E-state index contributed by atoms with van der Waals surface area (Å²) in [5, 5.41) is 10.5. The molecule has 0 radical (unpaired) electrons. The molecule has 1 heterocycles. The molecule has 0 spiro atoms. The maximum Gasteiger partial charge on any atom is 0.238 e. The summed E-state index contributed by atoms with van der Waals surface area (Å²) >= 11 is 1.63. The van der Waals surface area contributed by atoms with Crippen LogP contribution in [0.1, 0.15) is 23.4 Å². The third kappa shape index (κ3) is 3.12. The number of hydrogen-bond acceptors (Lipinski definition) is 5. The van der Waals surface area contributed by atoms with Crippen LogP contribution in [0.4, 0.5) is 11.4 Å². The molecule has 1 aromatic carbocycles. The molecule has 0 amide bonds. The number of hydrogen-bond donors (Lipinski definition) is 3. The number of nitrogens with two attached hydrogens (primary N) is 2. The Morgan fingerprint density at radius 3 is 2.60 bits per heavy atom. The maximum absolute atomic E-state index is 11.6. The Morgan fingerprint density at radius 1 is 1.35 bits per heavy atom. The van der Waals surface area contributed by atoms with E-state index in [2.05, 4.69) is 5.32 Å². The minimum absolute atomic E-state index is 0.0541. The highest BCUT2D eigenvalue weighted by Crippen LogP contribution is 2.30. The van der Waals surface area contributed by atoms with Crippen LogP contribution in [-0.4, -0.2) is 8.42 Å². The van der Waals surface area contributed by atoms with E-state index in [1.54, 1.807) is 24.3 Å². The summed E-state index contributed by atoms with van der Waals surface area (Å²) in [6.07, 6.45) is 0. The molecule has 1 unspecified atom stereocenters. The molecule has 1 aromatic heterocycles. The summed E-state index contributed by atoms with van der Waals surface area (Å²) in [6.45, 7) is 3.72. The Hall–Kier alpha value is -1.57. The summed E-state index contributed by atoms with van der Waals surface area (Å²) in [4.78, 5) is 1.21. The molecule has 5 nitrogen and oxygen atoms in total. The number of sulfonamides is 1. The molecule has 0 aliphatic rings. The third-order valence-corrected chi connectivity index (χ3v) is 5.12. The molecule has 0 aliphatic heterocycles. The van der Waals surface area contributed by atoms with E-state index in [0.29, 0.717) is 16.9 Å². The molecular weight excluding hydrogens is 294 g/mol. The molecule has 20 heavy (non-hydrogen) atoms. The highest BCUT2D eigenvalue weighted by Gasteiger charge is 2.17. The van der Waals surface area contributed by atoms with Crippen LogP contribution in [0, 0.1) is 6.92 Å². The van der Waals surface area contributed by atoms with E-state index < -0.39 is 10.0 Å². The number of primary sulfonamides is 1. The van der Waals surface area contributed by atoms with Gasteiger partial charge in [-0.05, 0) is 43.0 Å². The lowest BCUT2D eigenvalue weighted by atomic mass is 10.1. The van der Waals surface area contributed by atoms with Gasteiger partial charge in [0, 0.05) is 16.3 Å². The fourth-order valence-corrected chi connectivity index (χ4v) is 3.57. The van der Waals surface area contributed by atoms with Gasteiger partial charge in [-0.25, -0.2) is 13.6 Å². The Bertz CT molecular complexity index is 709. The standard InChI is InChI=1S/C13H17N3O2S2/c1-8-11(16-9(2)12-4-3-5-19-12)6-10(14)7-13(8)20(15,17)18/h3-7,9,16H,14H2,1-2H3,(H2,15,17,18). The van der Waals surface area contributed by atoms with Crippen molar-refractivity contribution in [3.8, 4) is 0 Å².